The molecule has 0 saturated heterocycles. The Bertz CT molecular complexity index is 616. The Kier molecular flexibility index (Phi) is 5.96. The van der Waals surface area contributed by atoms with E-state index in [2.05, 4.69) is 17.2 Å². The first-order valence-corrected chi connectivity index (χ1v) is 7.51. The number of amides is 1. The van der Waals surface area contributed by atoms with Crippen molar-refractivity contribution in [1.29, 1.82) is 0 Å². The molecule has 0 atom stereocenters. The quantitative estimate of drug-likeness (QED) is 0.630. The van der Waals surface area contributed by atoms with Gasteiger partial charge in [0.1, 0.15) is 5.15 Å². The van der Waals surface area contributed by atoms with Gasteiger partial charge in [-0.25, -0.2) is 4.98 Å². The summed E-state index contributed by atoms with van der Waals surface area (Å²) in [7, 11) is 0. The van der Waals surface area contributed by atoms with Gasteiger partial charge in [-0.3, -0.25) is 4.79 Å². The summed E-state index contributed by atoms with van der Waals surface area (Å²) < 4.78 is 5.42. The largest absolute Gasteiger partial charge is 0.380 e. The summed E-state index contributed by atoms with van der Waals surface area (Å²) in [4.78, 5) is 16.3. The molecule has 0 aliphatic heterocycles. The molecular formula is C16H19ClN2O2. The molecule has 5 heteroatoms. The minimum Gasteiger partial charge on any atom is -0.380 e. The van der Waals surface area contributed by atoms with Gasteiger partial charge in [0.2, 0.25) is 0 Å². The van der Waals surface area contributed by atoms with Crippen LogP contribution >= 0.6 is 11.6 Å². The summed E-state index contributed by atoms with van der Waals surface area (Å²) in [6.45, 7) is 3.85. The van der Waals surface area contributed by atoms with E-state index in [4.69, 9.17) is 16.3 Å². The third-order valence-electron chi connectivity index (χ3n) is 3.17. The van der Waals surface area contributed by atoms with Crippen molar-refractivity contribution in [3.8, 4) is 0 Å². The number of halogens is 1. The SMILES string of the molecule is CCCCOCCNC(=O)c1cnc(Cl)c2ccccc12. The van der Waals surface area contributed by atoms with Gasteiger partial charge in [-0.1, -0.05) is 49.2 Å². The number of benzene rings is 1. The highest BCUT2D eigenvalue weighted by Gasteiger charge is 2.12. The van der Waals surface area contributed by atoms with Crippen molar-refractivity contribution in [3.63, 3.8) is 0 Å². The molecule has 112 valence electrons. The van der Waals surface area contributed by atoms with Gasteiger partial charge in [0, 0.05) is 24.7 Å². The molecule has 21 heavy (non-hydrogen) atoms. The third kappa shape index (κ3) is 4.16. The van der Waals surface area contributed by atoms with Gasteiger partial charge in [-0.05, 0) is 11.8 Å². The Morgan fingerprint density at radius 2 is 2.05 bits per heavy atom. The molecular weight excluding hydrogens is 288 g/mol. The van der Waals surface area contributed by atoms with Gasteiger partial charge in [0.15, 0.2) is 0 Å². The zero-order valence-electron chi connectivity index (χ0n) is 12.1. The highest BCUT2D eigenvalue weighted by Crippen LogP contribution is 2.23. The van der Waals surface area contributed by atoms with Crippen LogP contribution in [0.1, 0.15) is 30.1 Å². The molecule has 0 unspecified atom stereocenters. The molecule has 0 fully saturated rings. The molecule has 2 rings (SSSR count). The number of nitrogens with zero attached hydrogens (tertiary/aromatic N) is 1. The molecule has 0 radical (unpaired) electrons. The maximum Gasteiger partial charge on any atom is 0.253 e. The fourth-order valence-electron chi connectivity index (χ4n) is 2.02. The number of rotatable bonds is 7. The predicted octanol–water partition coefficient (Wildman–Crippen LogP) is 3.43. The second-order valence-electron chi connectivity index (χ2n) is 4.73. The van der Waals surface area contributed by atoms with Crippen LogP contribution in [0.2, 0.25) is 5.15 Å². The molecule has 0 spiro atoms. The molecule has 1 aromatic heterocycles. The fourth-order valence-corrected chi connectivity index (χ4v) is 2.23. The number of aromatic nitrogens is 1. The van der Waals surface area contributed by atoms with Crippen molar-refractivity contribution in [1.82, 2.24) is 10.3 Å². The number of nitrogens with one attached hydrogen (secondary N) is 1. The minimum atomic E-state index is -0.158. The van der Waals surface area contributed by atoms with E-state index in [1.807, 2.05) is 24.3 Å². The lowest BCUT2D eigenvalue weighted by Gasteiger charge is -2.09. The van der Waals surface area contributed by atoms with Crippen LogP contribution in [0.15, 0.2) is 30.5 Å². The number of ether oxygens (including phenoxy) is 1. The lowest BCUT2D eigenvalue weighted by molar-refractivity contribution is 0.0914. The van der Waals surface area contributed by atoms with Gasteiger partial charge < -0.3 is 10.1 Å². The first-order valence-electron chi connectivity index (χ1n) is 7.13. The van der Waals surface area contributed by atoms with E-state index in [0.29, 0.717) is 23.9 Å². The fraction of sp³-hybridized carbons (Fsp3) is 0.375. The summed E-state index contributed by atoms with van der Waals surface area (Å²) in [6.07, 6.45) is 3.66. The summed E-state index contributed by atoms with van der Waals surface area (Å²) in [5.41, 5.74) is 0.531. The standard InChI is InChI=1S/C16H19ClN2O2/c1-2-3-9-21-10-8-18-16(20)14-11-19-15(17)13-7-5-4-6-12(13)14/h4-7,11H,2-3,8-10H2,1H3,(H,18,20). The number of hydrogen-bond acceptors (Lipinski definition) is 3. The normalized spacial score (nSPS) is 10.8. The first-order chi connectivity index (χ1) is 10.2. The van der Waals surface area contributed by atoms with Crippen LogP contribution in [0.3, 0.4) is 0 Å². The average molecular weight is 307 g/mol. The Hall–Kier alpha value is -1.65. The Labute approximate surface area is 129 Å². The van der Waals surface area contributed by atoms with Gasteiger partial charge in [-0.15, -0.1) is 0 Å². The monoisotopic (exact) mass is 306 g/mol. The topological polar surface area (TPSA) is 51.2 Å². The number of carbonyl (C=O) groups excluding carboxylic acids is 1. The third-order valence-corrected chi connectivity index (χ3v) is 3.47. The van der Waals surface area contributed by atoms with Gasteiger partial charge >= 0.3 is 0 Å². The summed E-state index contributed by atoms with van der Waals surface area (Å²) in [6, 6.07) is 7.48. The smallest absolute Gasteiger partial charge is 0.253 e. The van der Waals surface area contributed by atoms with Crippen molar-refractivity contribution < 1.29 is 9.53 Å². The van der Waals surface area contributed by atoms with Crippen LogP contribution in [-0.4, -0.2) is 30.6 Å². The lowest BCUT2D eigenvalue weighted by Crippen LogP contribution is -2.27. The van der Waals surface area contributed by atoms with Crippen molar-refractivity contribution in [2.45, 2.75) is 19.8 Å². The highest BCUT2D eigenvalue weighted by molar-refractivity contribution is 6.34. The van der Waals surface area contributed by atoms with E-state index >= 15 is 0 Å². The molecule has 0 bridgehead atoms. The van der Waals surface area contributed by atoms with Crippen molar-refractivity contribution in [3.05, 3.63) is 41.2 Å². The second kappa shape index (κ2) is 7.96. The maximum absolute atomic E-state index is 12.2. The Morgan fingerprint density at radius 1 is 1.29 bits per heavy atom. The van der Waals surface area contributed by atoms with Crippen molar-refractivity contribution in [2.75, 3.05) is 19.8 Å². The average Bonchev–Trinajstić information content (AvgIpc) is 2.51. The zero-order valence-corrected chi connectivity index (χ0v) is 12.8. The Morgan fingerprint density at radius 3 is 2.81 bits per heavy atom. The van der Waals surface area contributed by atoms with Crippen LogP contribution in [0.25, 0.3) is 10.8 Å². The van der Waals surface area contributed by atoms with Crippen LogP contribution < -0.4 is 5.32 Å². The van der Waals surface area contributed by atoms with Crippen molar-refractivity contribution in [2.24, 2.45) is 0 Å². The van der Waals surface area contributed by atoms with Gasteiger partial charge in [0.25, 0.3) is 5.91 Å². The van der Waals surface area contributed by atoms with Crippen LogP contribution in [-0.2, 0) is 4.74 Å². The molecule has 1 amide bonds. The van der Waals surface area contributed by atoms with E-state index in [1.165, 1.54) is 6.20 Å². The number of hydrogen-bond donors (Lipinski definition) is 1. The van der Waals surface area contributed by atoms with E-state index in [9.17, 15) is 4.79 Å². The predicted molar refractivity (Wildman–Crippen MR) is 84.8 cm³/mol. The zero-order chi connectivity index (χ0) is 15.1. The molecule has 2 aromatic rings. The lowest BCUT2D eigenvalue weighted by atomic mass is 10.1. The number of unbranched alkanes of at least 4 members (excludes halogenated alkanes) is 1. The van der Waals surface area contributed by atoms with E-state index < -0.39 is 0 Å². The number of fused-ring (bicyclic) bond motifs is 1. The molecule has 1 N–H and O–H groups in total. The highest BCUT2D eigenvalue weighted by atomic mass is 35.5. The molecule has 4 nitrogen and oxygen atoms in total. The van der Waals surface area contributed by atoms with Crippen LogP contribution in [0.5, 0.6) is 0 Å². The summed E-state index contributed by atoms with van der Waals surface area (Å²) >= 11 is 6.05. The van der Waals surface area contributed by atoms with Crippen LogP contribution in [0.4, 0.5) is 0 Å². The van der Waals surface area contributed by atoms with Gasteiger partial charge in [-0.2, -0.15) is 0 Å². The first kappa shape index (κ1) is 15.7. The molecule has 1 heterocycles. The molecule has 0 aliphatic rings. The number of pyridine rings is 1. The molecule has 1 aromatic carbocycles. The minimum absolute atomic E-state index is 0.158. The van der Waals surface area contributed by atoms with E-state index in [0.717, 1.165) is 30.2 Å². The maximum atomic E-state index is 12.2. The molecule has 0 saturated carbocycles. The summed E-state index contributed by atoms with van der Waals surface area (Å²) in [5.74, 6) is -0.158. The Balaban J connectivity index is 1.98. The van der Waals surface area contributed by atoms with Crippen molar-refractivity contribution >= 4 is 28.3 Å². The van der Waals surface area contributed by atoms with E-state index in [1.54, 1.807) is 0 Å². The second-order valence-corrected chi connectivity index (χ2v) is 5.09. The molecule has 0 aliphatic carbocycles. The van der Waals surface area contributed by atoms with E-state index in [-0.39, 0.29) is 5.91 Å². The number of carbonyl (C=O) groups is 1. The van der Waals surface area contributed by atoms with Gasteiger partial charge in [0.05, 0.1) is 12.2 Å². The summed E-state index contributed by atoms with van der Waals surface area (Å²) in [5, 5.41) is 4.84. The van der Waals surface area contributed by atoms with Crippen LogP contribution in [0, 0.1) is 0 Å².